The number of nitrogens with one attached hydrogen (secondary N) is 2. The Morgan fingerprint density at radius 3 is 2.57 bits per heavy atom. The Balaban J connectivity index is 1.55. The summed E-state index contributed by atoms with van der Waals surface area (Å²) in [5.74, 6) is -0.106. The average molecular weight is 331 g/mol. The van der Waals surface area contributed by atoms with Crippen molar-refractivity contribution in [3.8, 4) is 0 Å². The number of amides is 1. The topological polar surface area (TPSA) is 50.4 Å². The Hall–Kier alpha value is -1.88. The zero-order chi connectivity index (χ0) is 16.1. The molecule has 0 aliphatic carbocycles. The summed E-state index contributed by atoms with van der Waals surface area (Å²) in [4.78, 5) is 12.1. The highest BCUT2D eigenvalue weighted by Crippen LogP contribution is 2.19. The first kappa shape index (κ1) is 16.0. The number of carbonyl (C=O) groups excluding carboxylic acids is 1. The van der Waals surface area contributed by atoms with Gasteiger partial charge in [0.25, 0.3) is 5.91 Å². The van der Waals surface area contributed by atoms with Gasteiger partial charge in [-0.3, -0.25) is 4.79 Å². The van der Waals surface area contributed by atoms with Gasteiger partial charge in [0.15, 0.2) is 0 Å². The minimum atomic E-state index is -0.106. The van der Waals surface area contributed by atoms with Crippen molar-refractivity contribution >= 4 is 17.5 Å². The van der Waals surface area contributed by atoms with Crippen LogP contribution in [0.4, 0.5) is 0 Å². The number of hydrogen-bond acceptors (Lipinski definition) is 3. The zero-order valence-electron chi connectivity index (χ0n) is 12.7. The molecule has 1 aliphatic heterocycles. The molecule has 1 aliphatic rings. The Morgan fingerprint density at radius 2 is 1.91 bits per heavy atom. The second-order valence-corrected chi connectivity index (χ2v) is 5.93. The maximum Gasteiger partial charge on any atom is 0.251 e. The fraction of sp³-hybridized carbons (Fsp3) is 0.278. The van der Waals surface area contributed by atoms with E-state index in [1.54, 1.807) is 24.3 Å². The molecule has 0 spiro atoms. The molecule has 0 bridgehead atoms. The molecule has 1 heterocycles. The van der Waals surface area contributed by atoms with Crippen LogP contribution in [0.2, 0.25) is 5.02 Å². The predicted molar refractivity (Wildman–Crippen MR) is 90.6 cm³/mol. The molecule has 1 saturated heterocycles. The lowest BCUT2D eigenvalue weighted by molar-refractivity contribution is 0.0277. The van der Waals surface area contributed by atoms with E-state index in [4.69, 9.17) is 16.3 Å². The van der Waals surface area contributed by atoms with Crippen LogP contribution in [0.5, 0.6) is 0 Å². The normalized spacial score (nSPS) is 17.7. The van der Waals surface area contributed by atoms with Crippen LogP contribution in [0.3, 0.4) is 0 Å². The van der Waals surface area contributed by atoms with Gasteiger partial charge in [-0.05, 0) is 35.4 Å². The number of benzene rings is 2. The number of halogens is 1. The largest absolute Gasteiger partial charge is 0.371 e. The highest BCUT2D eigenvalue weighted by Gasteiger charge is 2.15. The smallest absolute Gasteiger partial charge is 0.251 e. The van der Waals surface area contributed by atoms with Crippen molar-refractivity contribution in [2.24, 2.45) is 0 Å². The Labute approximate surface area is 140 Å². The fourth-order valence-electron chi connectivity index (χ4n) is 2.52. The molecule has 3 rings (SSSR count). The molecule has 5 heteroatoms. The van der Waals surface area contributed by atoms with Gasteiger partial charge in [0.2, 0.25) is 0 Å². The van der Waals surface area contributed by atoms with Crippen molar-refractivity contribution in [2.45, 2.75) is 12.6 Å². The molecule has 2 aromatic rings. The van der Waals surface area contributed by atoms with E-state index in [1.165, 1.54) is 0 Å². The molecular weight excluding hydrogens is 312 g/mol. The predicted octanol–water partition coefficient (Wildman–Crippen LogP) is 2.93. The van der Waals surface area contributed by atoms with E-state index in [-0.39, 0.29) is 12.0 Å². The number of carbonyl (C=O) groups is 1. The summed E-state index contributed by atoms with van der Waals surface area (Å²) in [5.41, 5.74) is 2.82. The first-order valence-corrected chi connectivity index (χ1v) is 8.05. The molecular formula is C18H19ClN2O2. The number of ether oxygens (including phenoxy) is 1. The Bertz CT molecular complexity index is 650. The van der Waals surface area contributed by atoms with Crippen LogP contribution in [0.1, 0.15) is 27.6 Å². The van der Waals surface area contributed by atoms with E-state index in [0.717, 1.165) is 30.8 Å². The third-order valence-corrected chi connectivity index (χ3v) is 4.09. The van der Waals surface area contributed by atoms with E-state index in [9.17, 15) is 4.79 Å². The van der Waals surface area contributed by atoms with Crippen LogP contribution < -0.4 is 10.6 Å². The summed E-state index contributed by atoms with van der Waals surface area (Å²) < 4.78 is 5.73. The van der Waals surface area contributed by atoms with Gasteiger partial charge < -0.3 is 15.4 Å². The van der Waals surface area contributed by atoms with E-state index >= 15 is 0 Å². The van der Waals surface area contributed by atoms with Crippen LogP contribution >= 0.6 is 11.6 Å². The number of rotatable bonds is 4. The molecule has 1 amide bonds. The van der Waals surface area contributed by atoms with Gasteiger partial charge in [-0.2, -0.15) is 0 Å². The summed E-state index contributed by atoms with van der Waals surface area (Å²) in [6.07, 6.45) is 0.112. The lowest BCUT2D eigenvalue weighted by Gasteiger charge is -2.24. The van der Waals surface area contributed by atoms with Crippen molar-refractivity contribution in [1.82, 2.24) is 10.6 Å². The van der Waals surface area contributed by atoms with Gasteiger partial charge in [-0.1, -0.05) is 35.9 Å². The third kappa shape index (κ3) is 4.32. The maximum absolute atomic E-state index is 12.1. The van der Waals surface area contributed by atoms with Gasteiger partial charge in [-0.15, -0.1) is 0 Å². The summed E-state index contributed by atoms with van der Waals surface area (Å²) >= 11 is 5.82. The van der Waals surface area contributed by atoms with Crippen molar-refractivity contribution in [3.63, 3.8) is 0 Å². The minimum absolute atomic E-state index is 0.106. The van der Waals surface area contributed by atoms with Crippen LogP contribution in [-0.2, 0) is 11.3 Å². The summed E-state index contributed by atoms with van der Waals surface area (Å²) in [5, 5.41) is 6.85. The van der Waals surface area contributed by atoms with Crippen molar-refractivity contribution in [3.05, 3.63) is 70.2 Å². The molecule has 0 radical (unpaired) electrons. The fourth-order valence-corrected chi connectivity index (χ4v) is 2.64. The van der Waals surface area contributed by atoms with E-state index in [2.05, 4.69) is 22.8 Å². The van der Waals surface area contributed by atoms with Crippen molar-refractivity contribution < 1.29 is 9.53 Å². The first-order chi connectivity index (χ1) is 11.2. The van der Waals surface area contributed by atoms with Gasteiger partial charge >= 0.3 is 0 Å². The SMILES string of the molecule is O=C(NCc1ccc([C@H]2CNCCO2)cc1)c1ccc(Cl)cc1. The van der Waals surface area contributed by atoms with Gasteiger partial charge in [0.1, 0.15) is 0 Å². The standard InChI is InChI=1S/C18H19ClN2O2/c19-16-7-5-15(6-8-16)18(22)21-11-13-1-3-14(4-2-13)17-12-20-9-10-23-17/h1-8,17,20H,9-12H2,(H,21,22)/t17-/m1/s1. The third-order valence-electron chi connectivity index (χ3n) is 3.84. The molecule has 0 saturated carbocycles. The molecule has 0 aromatic heterocycles. The monoisotopic (exact) mass is 330 g/mol. The lowest BCUT2D eigenvalue weighted by Crippen LogP contribution is -2.33. The Kier molecular flexibility index (Phi) is 5.28. The van der Waals surface area contributed by atoms with Gasteiger partial charge in [0, 0.05) is 30.2 Å². The molecule has 0 unspecified atom stereocenters. The molecule has 2 aromatic carbocycles. The van der Waals surface area contributed by atoms with E-state index in [0.29, 0.717) is 17.1 Å². The summed E-state index contributed by atoms with van der Waals surface area (Å²) in [6, 6.07) is 15.0. The molecule has 2 N–H and O–H groups in total. The van der Waals surface area contributed by atoms with E-state index < -0.39 is 0 Å². The molecule has 1 fully saturated rings. The van der Waals surface area contributed by atoms with Gasteiger partial charge in [0.05, 0.1) is 12.7 Å². The van der Waals surface area contributed by atoms with Crippen LogP contribution in [-0.4, -0.2) is 25.6 Å². The Morgan fingerprint density at radius 1 is 1.17 bits per heavy atom. The van der Waals surface area contributed by atoms with E-state index in [1.807, 2.05) is 12.1 Å². The van der Waals surface area contributed by atoms with Crippen LogP contribution in [0.25, 0.3) is 0 Å². The van der Waals surface area contributed by atoms with Crippen molar-refractivity contribution in [1.29, 1.82) is 0 Å². The minimum Gasteiger partial charge on any atom is -0.371 e. The first-order valence-electron chi connectivity index (χ1n) is 7.67. The van der Waals surface area contributed by atoms with Gasteiger partial charge in [-0.25, -0.2) is 0 Å². The highest BCUT2D eigenvalue weighted by molar-refractivity contribution is 6.30. The zero-order valence-corrected chi connectivity index (χ0v) is 13.5. The summed E-state index contributed by atoms with van der Waals surface area (Å²) in [7, 11) is 0. The molecule has 1 atom stereocenters. The average Bonchev–Trinajstić information content (AvgIpc) is 2.61. The second-order valence-electron chi connectivity index (χ2n) is 5.49. The van der Waals surface area contributed by atoms with Crippen molar-refractivity contribution in [2.75, 3.05) is 19.7 Å². The second kappa shape index (κ2) is 7.59. The molecule has 4 nitrogen and oxygen atoms in total. The number of hydrogen-bond donors (Lipinski definition) is 2. The molecule has 120 valence electrons. The quantitative estimate of drug-likeness (QED) is 0.906. The summed E-state index contributed by atoms with van der Waals surface area (Å²) in [6.45, 7) is 2.98. The van der Waals surface area contributed by atoms with Crippen LogP contribution in [0, 0.1) is 0 Å². The number of morpholine rings is 1. The highest BCUT2D eigenvalue weighted by atomic mass is 35.5. The van der Waals surface area contributed by atoms with Crippen LogP contribution in [0.15, 0.2) is 48.5 Å². The molecule has 23 heavy (non-hydrogen) atoms. The lowest BCUT2D eigenvalue weighted by atomic mass is 10.1. The maximum atomic E-state index is 12.1.